The summed E-state index contributed by atoms with van der Waals surface area (Å²) in [6.07, 6.45) is 21.3. The van der Waals surface area contributed by atoms with Crippen molar-refractivity contribution < 1.29 is 52.1 Å². The number of epoxide rings is 2. The molecule has 4 unspecified atom stereocenters. The van der Waals surface area contributed by atoms with Gasteiger partial charge in [-0.2, -0.15) is 0 Å². The molecule has 2 saturated heterocycles. The molecule has 14 atom stereocenters. The van der Waals surface area contributed by atoms with Gasteiger partial charge in [-0.25, -0.2) is 0 Å². The SMILES string of the molecule is COC[C@@]1([C@H](C)OCOCO[C@H](C)[C@@]2(COC)CCC3C4CC[C@]56CC(OC)(OC)CC[C@]5(O6)C4=CC[C@@]32C)CCC2C3CC[C@@]45CC(OC)(OC)CC[C@@]4(O5)C3=CC[C@@]21C. The Morgan fingerprint density at radius 2 is 0.967 bits per heavy atom. The quantitative estimate of drug-likeness (QED) is 0.0645. The average molecular weight is 855 g/mol. The third-order valence-corrected chi connectivity index (χ3v) is 21.2. The molecule has 8 aliphatic carbocycles. The van der Waals surface area contributed by atoms with Crippen LogP contribution in [0.5, 0.6) is 0 Å². The minimum absolute atomic E-state index is 0.0421. The topological polar surface area (TPSA) is 108 Å². The van der Waals surface area contributed by atoms with E-state index >= 15 is 0 Å². The molecule has 61 heavy (non-hydrogen) atoms. The Labute approximate surface area is 365 Å². The van der Waals surface area contributed by atoms with Crippen molar-refractivity contribution in [1.82, 2.24) is 0 Å². The lowest BCUT2D eigenvalue weighted by Gasteiger charge is -2.55. The van der Waals surface area contributed by atoms with Crippen molar-refractivity contribution in [3.8, 4) is 0 Å². The van der Waals surface area contributed by atoms with E-state index in [4.69, 9.17) is 52.1 Å². The van der Waals surface area contributed by atoms with E-state index < -0.39 is 11.6 Å². The molecule has 0 amide bonds. The Morgan fingerprint density at radius 3 is 1.34 bits per heavy atom. The molecule has 344 valence electrons. The molecule has 0 spiro atoms. The van der Waals surface area contributed by atoms with Gasteiger partial charge in [-0.3, -0.25) is 0 Å². The second-order valence-electron chi connectivity index (χ2n) is 22.2. The normalized spacial score (nSPS) is 49.0. The number of hydrogen-bond acceptors (Lipinski definition) is 11. The van der Waals surface area contributed by atoms with Gasteiger partial charge in [-0.15, -0.1) is 0 Å². The Balaban J connectivity index is 0.780. The van der Waals surface area contributed by atoms with Gasteiger partial charge in [0.05, 0.1) is 25.4 Å². The van der Waals surface area contributed by atoms with E-state index in [1.54, 1.807) is 39.6 Å². The molecule has 2 heterocycles. The van der Waals surface area contributed by atoms with Crippen molar-refractivity contribution in [3.05, 3.63) is 23.3 Å². The zero-order valence-corrected chi connectivity index (χ0v) is 39.3. The Kier molecular flexibility index (Phi) is 10.6. The van der Waals surface area contributed by atoms with Crippen LogP contribution in [0.4, 0.5) is 0 Å². The van der Waals surface area contributed by atoms with Crippen molar-refractivity contribution in [3.63, 3.8) is 0 Å². The third-order valence-electron chi connectivity index (χ3n) is 21.2. The van der Waals surface area contributed by atoms with Crippen molar-refractivity contribution in [2.75, 3.05) is 69.5 Å². The molecule has 0 aromatic carbocycles. The van der Waals surface area contributed by atoms with Crippen molar-refractivity contribution in [2.45, 2.75) is 177 Å². The number of fused-ring (bicyclic) bond motifs is 6. The molecule has 10 aliphatic rings. The molecule has 11 nitrogen and oxygen atoms in total. The molecule has 0 bridgehead atoms. The number of rotatable bonds is 16. The van der Waals surface area contributed by atoms with Crippen LogP contribution in [-0.2, 0) is 52.1 Å². The van der Waals surface area contributed by atoms with Crippen molar-refractivity contribution in [2.24, 2.45) is 45.3 Å². The average Bonchev–Trinajstić information content (AvgIpc) is 4.09. The number of ether oxygens (including phenoxy) is 11. The first-order valence-electron chi connectivity index (χ1n) is 24.0. The highest BCUT2D eigenvalue weighted by Gasteiger charge is 2.81. The maximum Gasteiger partial charge on any atom is 0.170 e. The van der Waals surface area contributed by atoms with E-state index in [0.29, 0.717) is 36.9 Å². The summed E-state index contributed by atoms with van der Waals surface area (Å²) < 4.78 is 69.4. The summed E-state index contributed by atoms with van der Waals surface area (Å²) >= 11 is 0. The lowest BCUT2D eigenvalue weighted by molar-refractivity contribution is -0.230. The summed E-state index contributed by atoms with van der Waals surface area (Å²) in [4.78, 5) is 0. The Bertz CT molecular complexity index is 1630. The van der Waals surface area contributed by atoms with Crippen LogP contribution in [0.3, 0.4) is 0 Å². The van der Waals surface area contributed by atoms with Gasteiger partial charge in [0.25, 0.3) is 0 Å². The Hall–Kier alpha value is -0.960. The third kappa shape index (κ3) is 5.61. The minimum Gasteiger partial charge on any atom is -0.384 e. The summed E-state index contributed by atoms with van der Waals surface area (Å²) in [5.41, 5.74) is 2.40. The second-order valence-corrected chi connectivity index (χ2v) is 22.2. The van der Waals surface area contributed by atoms with Crippen LogP contribution in [-0.4, -0.2) is 116 Å². The fourth-order valence-electron chi connectivity index (χ4n) is 17.6. The molecule has 11 heteroatoms. The predicted molar refractivity (Wildman–Crippen MR) is 227 cm³/mol. The molecule has 6 saturated carbocycles. The largest absolute Gasteiger partial charge is 0.384 e. The summed E-state index contributed by atoms with van der Waals surface area (Å²) in [6.45, 7) is 11.3. The standard InChI is InChI=1S/C50H78O11/c1-33(43(29-51-5)19-15-37-35-11-21-45-27-47(53-7,54-8)23-25-49(45,60-45)39(35)13-17-41(37,43)3)58-31-57-32-59-34(2)44(30-52-6)20-16-38-36-12-22-46-28-48(55-9,56-10)24-26-50(46,61-46)40(36)14-18-42(38,44)4/h13-14,33-38H,11-12,15-32H2,1-10H3/t33-,34+,35?,36?,37?,38?,41-,42-,43+,44-,45+,46-,49+,50-/m0/s1. The molecular formula is C50H78O11. The van der Waals surface area contributed by atoms with E-state index in [0.717, 1.165) is 89.9 Å². The van der Waals surface area contributed by atoms with E-state index in [2.05, 4.69) is 39.8 Å². The lowest BCUT2D eigenvalue weighted by Crippen LogP contribution is -2.56. The number of hydrogen-bond donors (Lipinski definition) is 0. The zero-order chi connectivity index (χ0) is 43.0. The highest BCUT2D eigenvalue weighted by molar-refractivity contribution is 5.45. The first-order chi connectivity index (χ1) is 29.2. The van der Waals surface area contributed by atoms with E-state index in [1.165, 1.54) is 12.8 Å². The molecule has 0 aromatic rings. The van der Waals surface area contributed by atoms with Crippen molar-refractivity contribution >= 4 is 0 Å². The highest BCUT2D eigenvalue weighted by Crippen LogP contribution is 2.77. The first-order valence-corrected chi connectivity index (χ1v) is 24.0. The van der Waals surface area contributed by atoms with Crippen LogP contribution in [0.2, 0.25) is 0 Å². The van der Waals surface area contributed by atoms with Crippen LogP contribution in [0.15, 0.2) is 23.3 Å². The van der Waals surface area contributed by atoms with Crippen LogP contribution in [0, 0.1) is 45.3 Å². The predicted octanol–water partition coefficient (Wildman–Crippen LogP) is 8.67. The molecule has 2 aliphatic heterocycles. The smallest absolute Gasteiger partial charge is 0.170 e. The van der Waals surface area contributed by atoms with Gasteiger partial charge in [0, 0.05) is 79.2 Å². The fourth-order valence-corrected chi connectivity index (χ4v) is 17.6. The number of methoxy groups -OCH3 is 6. The van der Waals surface area contributed by atoms with Crippen molar-refractivity contribution in [1.29, 1.82) is 0 Å². The van der Waals surface area contributed by atoms with Gasteiger partial charge in [-0.1, -0.05) is 26.0 Å². The van der Waals surface area contributed by atoms with Gasteiger partial charge >= 0.3 is 0 Å². The van der Waals surface area contributed by atoms with Gasteiger partial charge in [0.2, 0.25) is 0 Å². The molecule has 8 fully saturated rings. The lowest BCUT2D eigenvalue weighted by atomic mass is 9.50. The van der Waals surface area contributed by atoms with Gasteiger partial charge in [-0.05, 0) is 137 Å². The molecule has 10 rings (SSSR count). The van der Waals surface area contributed by atoms with Gasteiger partial charge in [0.1, 0.15) is 36.0 Å². The molecule has 0 N–H and O–H groups in total. The van der Waals surface area contributed by atoms with Gasteiger partial charge < -0.3 is 52.1 Å². The maximum atomic E-state index is 6.88. The Morgan fingerprint density at radius 1 is 0.557 bits per heavy atom. The van der Waals surface area contributed by atoms with Gasteiger partial charge in [0.15, 0.2) is 11.6 Å². The molecule has 0 aromatic heterocycles. The first kappa shape index (κ1) is 43.9. The van der Waals surface area contributed by atoms with E-state index in [9.17, 15) is 0 Å². The van der Waals surface area contributed by atoms with Crippen LogP contribution in [0.25, 0.3) is 0 Å². The van der Waals surface area contributed by atoms with Crippen LogP contribution < -0.4 is 0 Å². The maximum absolute atomic E-state index is 6.88. The van der Waals surface area contributed by atoms with E-state index in [-0.39, 0.29) is 69.9 Å². The minimum atomic E-state index is -0.537. The zero-order valence-electron chi connectivity index (χ0n) is 39.3. The summed E-state index contributed by atoms with van der Waals surface area (Å²) in [7, 11) is 10.8. The summed E-state index contributed by atoms with van der Waals surface area (Å²) in [5.74, 6) is 1.11. The molecule has 0 radical (unpaired) electrons. The highest BCUT2D eigenvalue weighted by atomic mass is 16.7. The van der Waals surface area contributed by atoms with Crippen LogP contribution in [0.1, 0.15) is 130 Å². The monoisotopic (exact) mass is 855 g/mol. The number of allylic oxidation sites excluding steroid dienone is 2. The molecular weight excluding hydrogens is 777 g/mol. The van der Waals surface area contributed by atoms with E-state index in [1.807, 2.05) is 14.2 Å². The fraction of sp³-hybridized carbons (Fsp3) is 0.920. The summed E-state index contributed by atoms with van der Waals surface area (Å²) in [5, 5.41) is 0. The second kappa shape index (κ2) is 14.8. The summed E-state index contributed by atoms with van der Waals surface area (Å²) in [6, 6.07) is 0. The van der Waals surface area contributed by atoms with Crippen LogP contribution >= 0.6 is 0 Å².